The molecule has 2 nitrogen and oxygen atoms in total. The topological polar surface area (TPSA) is 35.2 Å². The van der Waals surface area contributed by atoms with Crippen LogP contribution in [0.15, 0.2) is 18.6 Å². The van der Waals surface area contributed by atoms with Crippen LogP contribution in [-0.4, -0.2) is 4.99 Å². The van der Waals surface area contributed by atoms with Gasteiger partial charge in [-0.15, -0.1) is 11.3 Å². The van der Waals surface area contributed by atoms with Crippen LogP contribution >= 0.6 is 23.6 Å². The highest BCUT2D eigenvalue weighted by atomic mass is 32.1. The van der Waals surface area contributed by atoms with E-state index >= 15 is 0 Å². The quantitative estimate of drug-likeness (QED) is 0.721. The zero-order valence-electron chi connectivity index (χ0n) is 6.69. The zero-order chi connectivity index (χ0) is 9.26. The molecule has 1 aliphatic heterocycles. The van der Waals surface area contributed by atoms with Gasteiger partial charge in [0.15, 0.2) is 0 Å². The maximum absolute atomic E-state index is 5.53. The molecule has 0 fully saturated rings. The predicted octanol–water partition coefficient (Wildman–Crippen LogP) is 2.35. The van der Waals surface area contributed by atoms with E-state index in [9.17, 15) is 0 Å². The molecule has 0 spiro atoms. The highest BCUT2D eigenvalue weighted by molar-refractivity contribution is 7.81. The van der Waals surface area contributed by atoms with Gasteiger partial charge in [0.25, 0.3) is 0 Å². The standard InChI is InChI=1S/C9H7NOS2/c10-9(12)8-5-6-1-3-11-4-2-7(6)13-8/h1-5H,(H2,10,12). The van der Waals surface area contributed by atoms with Gasteiger partial charge in [-0.3, -0.25) is 0 Å². The van der Waals surface area contributed by atoms with Crippen LogP contribution in [0.25, 0.3) is 12.2 Å². The number of thiophene rings is 1. The van der Waals surface area contributed by atoms with Crippen molar-refractivity contribution in [3.63, 3.8) is 0 Å². The molecular formula is C9H7NOS2. The van der Waals surface area contributed by atoms with Gasteiger partial charge in [0, 0.05) is 4.88 Å². The molecule has 0 atom stereocenters. The fourth-order valence-electron chi connectivity index (χ4n) is 1.06. The average molecular weight is 209 g/mol. The van der Waals surface area contributed by atoms with Crippen molar-refractivity contribution in [3.05, 3.63) is 33.9 Å². The summed E-state index contributed by atoms with van der Waals surface area (Å²) in [6.07, 6.45) is 7.08. The fraction of sp³-hybridized carbons (Fsp3) is 0. The molecule has 0 amide bonds. The number of ether oxygens (including phenoxy) is 1. The van der Waals surface area contributed by atoms with Gasteiger partial charge in [-0.1, -0.05) is 12.2 Å². The van der Waals surface area contributed by atoms with Crippen molar-refractivity contribution in [1.82, 2.24) is 0 Å². The summed E-state index contributed by atoms with van der Waals surface area (Å²) in [7, 11) is 0. The molecule has 2 heterocycles. The van der Waals surface area contributed by atoms with Gasteiger partial charge in [-0.25, -0.2) is 0 Å². The third kappa shape index (κ3) is 1.64. The summed E-state index contributed by atoms with van der Waals surface area (Å²) in [6.45, 7) is 0. The Morgan fingerprint density at radius 1 is 1.38 bits per heavy atom. The maximum atomic E-state index is 5.53. The molecule has 0 unspecified atom stereocenters. The molecule has 1 aliphatic rings. The summed E-state index contributed by atoms with van der Waals surface area (Å²) in [5, 5.41) is 0. The number of rotatable bonds is 1. The van der Waals surface area contributed by atoms with Crippen LogP contribution in [-0.2, 0) is 4.74 Å². The average Bonchev–Trinajstić information content (AvgIpc) is 2.38. The highest BCUT2D eigenvalue weighted by Gasteiger charge is 2.07. The first-order valence-corrected chi connectivity index (χ1v) is 4.92. The minimum Gasteiger partial charge on any atom is -0.473 e. The minimum atomic E-state index is 0.445. The van der Waals surface area contributed by atoms with Gasteiger partial charge in [0.1, 0.15) is 4.99 Å². The van der Waals surface area contributed by atoms with E-state index in [0.717, 1.165) is 15.3 Å². The Balaban J connectivity index is 2.50. The van der Waals surface area contributed by atoms with E-state index in [0.29, 0.717) is 4.99 Å². The molecule has 66 valence electrons. The molecule has 13 heavy (non-hydrogen) atoms. The van der Waals surface area contributed by atoms with E-state index in [4.69, 9.17) is 22.7 Å². The summed E-state index contributed by atoms with van der Waals surface area (Å²) in [6, 6.07) is 1.97. The Morgan fingerprint density at radius 2 is 2.15 bits per heavy atom. The lowest BCUT2D eigenvalue weighted by atomic mass is 10.2. The van der Waals surface area contributed by atoms with Gasteiger partial charge in [-0.2, -0.15) is 0 Å². The SMILES string of the molecule is NC(=S)c1cc2c(s1)C=COC=C2. The third-order valence-electron chi connectivity index (χ3n) is 1.66. The summed E-state index contributed by atoms with van der Waals surface area (Å²) >= 11 is 6.47. The summed E-state index contributed by atoms with van der Waals surface area (Å²) in [5.74, 6) is 0. The first kappa shape index (κ1) is 8.47. The largest absolute Gasteiger partial charge is 0.473 e. The Bertz CT molecular complexity index is 374. The molecule has 0 aromatic carbocycles. The normalized spacial score (nSPS) is 13.2. The van der Waals surface area contributed by atoms with Crippen molar-refractivity contribution >= 4 is 40.7 Å². The van der Waals surface area contributed by atoms with Crippen LogP contribution in [0.1, 0.15) is 15.3 Å². The van der Waals surface area contributed by atoms with Crippen LogP contribution in [0.5, 0.6) is 0 Å². The van der Waals surface area contributed by atoms with Gasteiger partial charge < -0.3 is 10.5 Å². The van der Waals surface area contributed by atoms with Gasteiger partial charge in [0.05, 0.1) is 17.4 Å². The Hall–Kier alpha value is -1.13. The second-order valence-corrected chi connectivity index (χ2v) is 4.06. The Kier molecular flexibility index (Phi) is 2.16. The molecule has 2 rings (SSSR count). The smallest absolute Gasteiger partial charge is 0.114 e. The molecule has 1 aromatic rings. The van der Waals surface area contributed by atoms with E-state index < -0.39 is 0 Å². The molecule has 2 N–H and O–H groups in total. The molecule has 4 heteroatoms. The van der Waals surface area contributed by atoms with Crippen molar-refractivity contribution in [2.45, 2.75) is 0 Å². The number of thiocarbonyl (C=S) groups is 1. The number of hydrogen-bond acceptors (Lipinski definition) is 3. The Labute approximate surface area is 85.3 Å². The highest BCUT2D eigenvalue weighted by Crippen LogP contribution is 2.26. The lowest BCUT2D eigenvalue weighted by Crippen LogP contribution is -2.06. The van der Waals surface area contributed by atoms with Crippen LogP contribution in [0.2, 0.25) is 0 Å². The van der Waals surface area contributed by atoms with Crippen molar-refractivity contribution in [1.29, 1.82) is 0 Å². The molecule has 0 saturated heterocycles. The van der Waals surface area contributed by atoms with Crippen molar-refractivity contribution < 1.29 is 4.74 Å². The molecule has 0 bridgehead atoms. The second kappa shape index (κ2) is 3.32. The van der Waals surface area contributed by atoms with E-state index in [2.05, 4.69) is 0 Å². The van der Waals surface area contributed by atoms with Crippen molar-refractivity contribution in [3.8, 4) is 0 Å². The lowest BCUT2D eigenvalue weighted by Gasteiger charge is -1.87. The first-order chi connectivity index (χ1) is 6.27. The minimum absolute atomic E-state index is 0.445. The van der Waals surface area contributed by atoms with E-state index in [1.54, 1.807) is 23.9 Å². The molecule has 0 aliphatic carbocycles. The zero-order valence-corrected chi connectivity index (χ0v) is 8.32. The number of nitrogens with two attached hydrogens (primary N) is 1. The number of fused-ring (bicyclic) bond motifs is 1. The van der Waals surface area contributed by atoms with Crippen LogP contribution in [0.4, 0.5) is 0 Å². The Morgan fingerprint density at radius 3 is 2.92 bits per heavy atom. The molecule has 1 aromatic heterocycles. The van der Waals surface area contributed by atoms with Crippen LogP contribution in [0, 0.1) is 0 Å². The predicted molar refractivity (Wildman–Crippen MR) is 59.4 cm³/mol. The van der Waals surface area contributed by atoms with Gasteiger partial charge >= 0.3 is 0 Å². The van der Waals surface area contributed by atoms with Gasteiger partial charge in [0.2, 0.25) is 0 Å². The van der Waals surface area contributed by atoms with Crippen molar-refractivity contribution in [2.24, 2.45) is 5.73 Å². The van der Waals surface area contributed by atoms with Crippen molar-refractivity contribution in [2.75, 3.05) is 0 Å². The third-order valence-corrected chi connectivity index (χ3v) is 3.16. The fourth-order valence-corrected chi connectivity index (χ4v) is 2.14. The molecular weight excluding hydrogens is 202 g/mol. The van der Waals surface area contributed by atoms with E-state index in [1.165, 1.54) is 0 Å². The monoisotopic (exact) mass is 209 g/mol. The summed E-state index contributed by atoms with van der Waals surface area (Å²) in [5.41, 5.74) is 6.63. The van der Waals surface area contributed by atoms with Crippen LogP contribution in [0.3, 0.4) is 0 Å². The summed E-state index contributed by atoms with van der Waals surface area (Å²) in [4.78, 5) is 2.51. The molecule has 0 saturated carbocycles. The number of hydrogen-bond donors (Lipinski definition) is 1. The summed E-state index contributed by atoms with van der Waals surface area (Å²) < 4.78 is 5.02. The van der Waals surface area contributed by atoms with Crippen LogP contribution < -0.4 is 5.73 Å². The molecule has 0 radical (unpaired) electrons. The van der Waals surface area contributed by atoms with E-state index in [-0.39, 0.29) is 0 Å². The van der Waals surface area contributed by atoms with E-state index in [1.807, 2.05) is 18.2 Å². The van der Waals surface area contributed by atoms with Gasteiger partial charge in [-0.05, 0) is 23.8 Å². The lowest BCUT2D eigenvalue weighted by molar-refractivity contribution is 0.411. The first-order valence-electron chi connectivity index (χ1n) is 3.69. The second-order valence-electron chi connectivity index (χ2n) is 2.54. The maximum Gasteiger partial charge on any atom is 0.114 e.